The molecule has 0 unspecified atom stereocenters. The second kappa shape index (κ2) is 9.53. The van der Waals surface area contributed by atoms with E-state index in [1.807, 2.05) is 31.2 Å². The number of rotatable bonds is 6. The average Bonchev–Trinajstić information content (AvgIpc) is 3.31. The van der Waals surface area contributed by atoms with Crippen molar-refractivity contribution in [2.45, 2.75) is 39.0 Å². The zero-order chi connectivity index (χ0) is 25.3. The summed E-state index contributed by atoms with van der Waals surface area (Å²) in [7, 11) is 0. The maximum atomic E-state index is 13.5. The molecule has 0 bridgehead atoms. The van der Waals surface area contributed by atoms with Crippen molar-refractivity contribution < 1.29 is 18.0 Å². The molecule has 0 radical (unpaired) electrons. The van der Waals surface area contributed by atoms with E-state index >= 15 is 0 Å². The molecule has 1 amide bonds. The second-order valence-electron chi connectivity index (χ2n) is 8.10. The summed E-state index contributed by atoms with van der Waals surface area (Å²) in [6, 6.07) is 12.2. The van der Waals surface area contributed by atoms with Crippen LogP contribution in [-0.4, -0.2) is 15.0 Å². The highest BCUT2D eigenvalue weighted by Gasteiger charge is 2.31. The van der Waals surface area contributed by atoms with Crippen LogP contribution in [0.25, 0.3) is 15.9 Å². The summed E-state index contributed by atoms with van der Waals surface area (Å²) < 4.78 is 41.9. The van der Waals surface area contributed by atoms with Crippen molar-refractivity contribution in [1.29, 1.82) is 0 Å². The Bertz CT molecular complexity index is 1500. The van der Waals surface area contributed by atoms with Gasteiger partial charge in [0.1, 0.15) is 10.7 Å². The van der Waals surface area contributed by atoms with E-state index in [9.17, 15) is 27.6 Å². The maximum absolute atomic E-state index is 13.5. The number of benzene rings is 2. The fraction of sp³-hybridized carbons (Fsp3) is 0.240. The molecular formula is C25H22F3N3O3S. The fourth-order valence-corrected chi connectivity index (χ4v) is 4.71. The first-order valence-corrected chi connectivity index (χ1v) is 11.8. The van der Waals surface area contributed by atoms with Crippen molar-refractivity contribution in [3.05, 3.63) is 97.5 Å². The normalized spacial score (nSPS) is 12.6. The van der Waals surface area contributed by atoms with Gasteiger partial charge in [-0.25, -0.2) is 9.36 Å². The number of alkyl halides is 3. The highest BCUT2D eigenvalue weighted by Crippen LogP contribution is 2.30. The Morgan fingerprint density at radius 2 is 1.80 bits per heavy atom. The molecule has 35 heavy (non-hydrogen) atoms. The van der Waals surface area contributed by atoms with Crippen molar-refractivity contribution in [3.8, 4) is 5.69 Å². The van der Waals surface area contributed by atoms with Crippen LogP contribution in [0.5, 0.6) is 0 Å². The van der Waals surface area contributed by atoms with Gasteiger partial charge in [0.2, 0.25) is 5.91 Å². The van der Waals surface area contributed by atoms with Gasteiger partial charge in [0.25, 0.3) is 5.56 Å². The monoisotopic (exact) mass is 501 g/mol. The minimum Gasteiger partial charge on any atom is -0.350 e. The molecule has 1 N–H and O–H groups in total. The molecule has 4 aromatic rings. The number of amides is 1. The van der Waals surface area contributed by atoms with Gasteiger partial charge < -0.3 is 5.32 Å². The summed E-state index contributed by atoms with van der Waals surface area (Å²) in [5.74, 6) is -0.433. The van der Waals surface area contributed by atoms with E-state index in [0.717, 1.165) is 40.7 Å². The van der Waals surface area contributed by atoms with E-state index in [0.29, 0.717) is 4.57 Å². The first kappa shape index (κ1) is 24.5. The molecule has 6 nitrogen and oxygen atoms in total. The van der Waals surface area contributed by atoms with Crippen LogP contribution in [0.4, 0.5) is 13.2 Å². The summed E-state index contributed by atoms with van der Waals surface area (Å²) in [6.07, 6.45) is -4.42. The van der Waals surface area contributed by atoms with Crippen LogP contribution in [0.15, 0.2) is 69.6 Å². The standard InChI is InChI=1S/C25H22F3N3O3S/c1-3-19(22(32)29-14-16-9-7-15(2)8-10-16)31-20-11-12-35-21(20)23(33)30(24(31)34)18-6-4-5-17(13-18)25(26,27)28/h4-13,19H,3,14H2,1-2H3,(H,29,32)/t19-/m1/s1. The number of nitrogens with zero attached hydrogens (tertiary/aromatic N) is 2. The number of carbonyl (C=O) groups is 1. The zero-order valence-electron chi connectivity index (χ0n) is 18.9. The van der Waals surface area contributed by atoms with Crippen molar-refractivity contribution in [3.63, 3.8) is 0 Å². The highest BCUT2D eigenvalue weighted by atomic mass is 32.1. The summed E-state index contributed by atoms with van der Waals surface area (Å²) >= 11 is 1.06. The lowest BCUT2D eigenvalue weighted by Gasteiger charge is -2.21. The Kier molecular flexibility index (Phi) is 6.66. The predicted molar refractivity (Wildman–Crippen MR) is 129 cm³/mol. The van der Waals surface area contributed by atoms with Crippen molar-refractivity contribution in [2.24, 2.45) is 0 Å². The van der Waals surface area contributed by atoms with Gasteiger partial charge in [-0.2, -0.15) is 13.2 Å². The van der Waals surface area contributed by atoms with Gasteiger partial charge in [-0.05, 0) is 48.6 Å². The van der Waals surface area contributed by atoms with Crippen molar-refractivity contribution >= 4 is 27.5 Å². The number of hydrogen-bond donors (Lipinski definition) is 1. The molecule has 0 saturated heterocycles. The molecular weight excluding hydrogens is 479 g/mol. The number of nitrogens with one attached hydrogen (secondary N) is 1. The Morgan fingerprint density at radius 3 is 2.46 bits per heavy atom. The number of fused-ring (bicyclic) bond motifs is 1. The van der Waals surface area contributed by atoms with E-state index in [2.05, 4.69) is 5.32 Å². The van der Waals surface area contributed by atoms with Crippen molar-refractivity contribution in [2.75, 3.05) is 0 Å². The molecule has 2 aromatic heterocycles. The first-order chi connectivity index (χ1) is 16.6. The minimum absolute atomic E-state index is 0.173. The molecule has 0 fully saturated rings. The predicted octanol–water partition coefficient (Wildman–Crippen LogP) is 4.81. The minimum atomic E-state index is -4.65. The maximum Gasteiger partial charge on any atom is 0.416 e. The van der Waals surface area contributed by atoms with Gasteiger partial charge >= 0.3 is 11.9 Å². The number of hydrogen-bond acceptors (Lipinski definition) is 4. The molecule has 0 aliphatic carbocycles. The Labute approximate surface area is 202 Å². The molecule has 0 spiro atoms. The van der Waals surface area contributed by atoms with E-state index in [1.54, 1.807) is 18.4 Å². The summed E-state index contributed by atoms with van der Waals surface area (Å²) in [5.41, 5.74) is -0.583. The SMILES string of the molecule is CC[C@H](C(=O)NCc1ccc(C)cc1)n1c(=O)n(-c2cccc(C(F)(F)F)c2)c(=O)c2sccc21. The van der Waals surface area contributed by atoms with Crippen LogP contribution in [-0.2, 0) is 17.5 Å². The molecule has 182 valence electrons. The third-order valence-corrected chi connectivity index (χ3v) is 6.61. The van der Waals surface area contributed by atoms with Gasteiger partial charge in [-0.3, -0.25) is 14.2 Å². The average molecular weight is 502 g/mol. The summed E-state index contributed by atoms with van der Waals surface area (Å²) in [6.45, 7) is 3.91. The van der Waals surface area contributed by atoms with Crippen LogP contribution >= 0.6 is 11.3 Å². The third kappa shape index (κ3) is 4.79. The van der Waals surface area contributed by atoms with E-state index in [4.69, 9.17) is 0 Å². The quantitative estimate of drug-likeness (QED) is 0.412. The molecule has 0 saturated carbocycles. The molecule has 2 aromatic carbocycles. The number of thiophene rings is 1. The van der Waals surface area contributed by atoms with Crippen LogP contribution in [0.1, 0.15) is 36.1 Å². The number of carbonyl (C=O) groups excluding carboxylic acids is 1. The van der Waals surface area contributed by atoms with Gasteiger partial charge in [0, 0.05) is 6.54 Å². The summed E-state index contributed by atoms with van der Waals surface area (Å²) in [5, 5.41) is 4.43. The van der Waals surface area contributed by atoms with Crippen LogP contribution in [0, 0.1) is 6.92 Å². The molecule has 0 aliphatic rings. The van der Waals surface area contributed by atoms with Crippen LogP contribution in [0.2, 0.25) is 0 Å². The van der Waals surface area contributed by atoms with E-state index < -0.39 is 34.9 Å². The Morgan fingerprint density at radius 1 is 1.09 bits per heavy atom. The van der Waals surface area contributed by atoms with E-state index in [-0.39, 0.29) is 28.9 Å². The molecule has 4 rings (SSSR count). The van der Waals surface area contributed by atoms with Crippen LogP contribution in [0.3, 0.4) is 0 Å². The largest absolute Gasteiger partial charge is 0.416 e. The van der Waals surface area contributed by atoms with Gasteiger partial charge in [0.05, 0.1) is 16.8 Å². The zero-order valence-corrected chi connectivity index (χ0v) is 19.7. The highest BCUT2D eigenvalue weighted by molar-refractivity contribution is 7.17. The molecule has 10 heteroatoms. The lowest BCUT2D eigenvalue weighted by atomic mass is 10.1. The molecule has 1 atom stereocenters. The molecule has 0 aliphatic heterocycles. The Hall–Kier alpha value is -3.66. The van der Waals surface area contributed by atoms with Crippen molar-refractivity contribution in [1.82, 2.24) is 14.5 Å². The second-order valence-corrected chi connectivity index (χ2v) is 9.02. The fourth-order valence-electron chi connectivity index (χ4n) is 3.90. The Balaban J connectivity index is 1.81. The van der Waals surface area contributed by atoms with Gasteiger partial charge in [0.15, 0.2) is 0 Å². The van der Waals surface area contributed by atoms with Gasteiger partial charge in [-0.1, -0.05) is 42.8 Å². The smallest absolute Gasteiger partial charge is 0.350 e. The topological polar surface area (TPSA) is 73.1 Å². The lowest BCUT2D eigenvalue weighted by molar-refractivity contribution is -0.137. The first-order valence-electron chi connectivity index (χ1n) is 10.9. The number of aromatic nitrogens is 2. The lowest BCUT2D eigenvalue weighted by Crippen LogP contribution is -2.44. The molecule has 2 heterocycles. The van der Waals surface area contributed by atoms with Gasteiger partial charge in [-0.15, -0.1) is 11.3 Å². The van der Waals surface area contributed by atoms with E-state index in [1.165, 1.54) is 10.6 Å². The third-order valence-electron chi connectivity index (χ3n) is 5.72. The number of halogens is 3. The summed E-state index contributed by atoms with van der Waals surface area (Å²) in [4.78, 5) is 39.8. The number of aryl methyl sites for hydroxylation is 1. The van der Waals surface area contributed by atoms with Crippen LogP contribution < -0.4 is 16.6 Å².